The predicted molar refractivity (Wildman–Crippen MR) is 102 cm³/mol. The van der Waals surface area contributed by atoms with Crippen LogP contribution < -0.4 is 5.84 Å². The molecule has 0 atom stereocenters. The van der Waals surface area contributed by atoms with E-state index in [0.717, 1.165) is 5.75 Å². The minimum Gasteiger partial charge on any atom is -0.461 e. The van der Waals surface area contributed by atoms with Crippen LogP contribution in [0.2, 0.25) is 0 Å². The van der Waals surface area contributed by atoms with Crippen LogP contribution in [-0.2, 0) is 11.2 Å². The average molecular weight is 356 g/mol. The summed E-state index contributed by atoms with van der Waals surface area (Å²) in [4.78, 5) is 0. The minimum absolute atomic E-state index is 0.149. The molecule has 1 aromatic carbocycles. The molecule has 2 aromatic heterocycles. The fourth-order valence-corrected chi connectivity index (χ4v) is 3.79. The smallest absolute Gasteiger partial charge is 0.218 e. The first-order valence-corrected chi connectivity index (χ1v) is 9.23. The maximum Gasteiger partial charge on any atom is 0.218 e. The van der Waals surface area contributed by atoms with Crippen LogP contribution in [0.3, 0.4) is 0 Å². The molecule has 3 rings (SSSR count). The molecule has 2 N–H and O–H groups in total. The lowest BCUT2D eigenvalue weighted by Crippen LogP contribution is -2.13. The van der Waals surface area contributed by atoms with Crippen molar-refractivity contribution in [1.29, 1.82) is 0 Å². The molecule has 3 aromatic rings. The van der Waals surface area contributed by atoms with Gasteiger partial charge in [0.1, 0.15) is 0 Å². The van der Waals surface area contributed by atoms with Crippen LogP contribution in [0.5, 0.6) is 0 Å². The van der Waals surface area contributed by atoms with Crippen molar-refractivity contribution in [2.75, 3.05) is 5.84 Å². The summed E-state index contributed by atoms with van der Waals surface area (Å²) in [5, 5.41) is 9.00. The van der Waals surface area contributed by atoms with Crippen molar-refractivity contribution in [2.24, 2.45) is 0 Å². The van der Waals surface area contributed by atoms with Gasteiger partial charge in [0.2, 0.25) is 11.0 Å². The number of benzene rings is 1. The van der Waals surface area contributed by atoms with E-state index < -0.39 is 0 Å². The Bertz CT molecular complexity index is 852. The van der Waals surface area contributed by atoms with E-state index in [2.05, 4.69) is 56.9 Å². The molecule has 0 saturated heterocycles. The Kier molecular flexibility index (Phi) is 4.64. The van der Waals surface area contributed by atoms with Gasteiger partial charge in [0.25, 0.3) is 0 Å². The Morgan fingerprint density at radius 3 is 2.40 bits per heavy atom. The third kappa shape index (κ3) is 3.58. The first-order chi connectivity index (χ1) is 11.8. The Hall–Kier alpha value is -2.21. The topological polar surface area (TPSA) is 69.9 Å². The molecule has 0 unspecified atom stereocenters. The molecular weight excluding hydrogens is 332 g/mol. The van der Waals surface area contributed by atoms with Gasteiger partial charge in [0.15, 0.2) is 5.76 Å². The highest BCUT2D eigenvalue weighted by Gasteiger charge is 2.18. The van der Waals surface area contributed by atoms with Gasteiger partial charge in [-0.3, -0.25) is 0 Å². The lowest BCUT2D eigenvalue weighted by Gasteiger charge is -2.22. The molecule has 0 amide bonds. The van der Waals surface area contributed by atoms with Crippen molar-refractivity contribution in [3.05, 3.63) is 52.8 Å². The summed E-state index contributed by atoms with van der Waals surface area (Å²) in [6, 6.07) is 8.19. The summed E-state index contributed by atoms with van der Waals surface area (Å²) >= 11 is 1.58. The average Bonchev–Trinajstić information content (AvgIpc) is 3.15. The van der Waals surface area contributed by atoms with Gasteiger partial charge in [-0.25, -0.2) is 4.68 Å². The molecule has 0 aliphatic carbocycles. The summed E-state index contributed by atoms with van der Waals surface area (Å²) in [7, 11) is 0. The van der Waals surface area contributed by atoms with E-state index in [1.165, 1.54) is 26.9 Å². The summed E-state index contributed by atoms with van der Waals surface area (Å²) in [5.41, 5.74) is 5.42. The number of hydrogen-bond donors (Lipinski definition) is 1. The highest BCUT2D eigenvalue weighted by atomic mass is 32.2. The van der Waals surface area contributed by atoms with Crippen LogP contribution in [0.1, 0.15) is 43.0 Å². The van der Waals surface area contributed by atoms with Gasteiger partial charge in [0.05, 0.1) is 6.26 Å². The second-order valence-electron chi connectivity index (χ2n) is 7.28. The van der Waals surface area contributed by atoms with Crippen molar-refractivity contribution in [2.45, 2.75) is 50.9 Å². The van der Waals surface area contributed by atoms with Gasteiger partial charge >= 0.3 is 0 Å². The first-order valence-electron chi connectivity index (χ1n) is 8.25. The number of nitrogens with zero attached hydrogens (tertiary/aromatic N) is 3. The Morgan fingerprint density at radius 2 is 1.84 bits per heavy atom. The summed E-state index contributed by atoms with van der Waals surface area (Å²) < 4.78 is 6.83. The molecule has 25 heavy (non-hydrogen) atoms. The second-order valence-corrected chi connectivity index (χ2v) is 8.22. The van der Waals surface area contributed by atoms with Gasteiger partial charge < -0.3 is 10.3 Å². The predicted octanol–water partition coefficient (Wildman–Crippen LogP) is 4.46. The van der Waals surface area contributed by atoms with E-state index in [0.29, 0.717) is 16.7 Å². The third-order valence-corrected chi connectivity index (χ3v) is 5.28. The largest absolute Gasteiger partial charge is 0.461 e. The van der Waals surface area contributed by atoms with Gasteiger partial charge in [-0.15, -0.1) is 10.2 Å². The molecule has 0 spiro atoms. The molecule has 0 aliphatic rings. The van der Waals surface area contributed by atoms with Crippen LogP contribution >= 0.6 is 11.8 Å². The lowest BCUT2D eigenvalue weighted by atomic mass is 9.84. The van der Waals surface area contributed by atoms with Crippen LogP contribution in [0.25, 0.3) is 11.6 Å². The van der Waals surface area contributed by atoms with Crippen LogP contribution in [0.15, 0.2) is 40.1 Å². The zero-order chi connectivity index (χ0) is 18.2. The number of aryl methyl sites for hydroxylation is 2. The number of rotatable bonds is 4. The van der Waals surface area contributed by atoms with Crippen molar-refractivity contribution in [1.82, 2.24) is 14.9 Å². The molecule has 0 saturated carbocycles. The summed E-state index contributed by atoms with van der Waals surface area (Å²) in [5.74, 6) is 8.07. The van der Waals surface area contributed by atoms with Crippen molar-refractivity contribution in [3.8, 4) is 11.6 Å². The SMILES string of the molecule is Cc1cc(C(C)(C)C)cc(C)c1CSc1nnc(-c2ccco2)n1N. The van der Waals surface area contributed by atoms with Crippen molar-refractivity contribution < 1.29 is 4.42 Å². The van der Waals surface area contributed by atoms with E-state index in [4.69, 9.17) is 10.3 Å². The summed E-state index contributed by atoms with van der Waals surface area (Å²) in [6.07, 6.45) is 1.60. The number of nitrogen functional groups attached to an aromatic ring is 1. The van der Waals surface area contributed by atoms with Crippen LogP contribution in [0.4, 0.5) is 0 Å². The molecule has 6 heteroatoms. The maximum absolute atomic E-state index is 6.13. The Balaban J connectivity index is 1.81. The van der Waals surface area contributed by atoms with Crippen LogP contribution in [-0.4, -0.2) is 14.9 Å². The molecule has 132 valence electrons. The highest BCUT2D eigenvalue weighted by Crippen LogP contribution is 2.31. The number of nitrogens with two attached hydrogens (primary N) is 1. The van der Waals surface area contributed by atoms with E-state index >= 15 is 0 Å². The Labute approximate surface area is 152 Å². The number of aromatic nitrogens is 3. The molecule has 0 radical (unpaired) electrons. The minimum atomic E-state index is 0.149. The van der Waals surface area contributed by atoms with Gasteiger partial charge in [-0.2, -0.15) is 0 Å². The van der Waals surface area contributed by atoms with Gasteiger partial charge in [-0.1, -0.05) is 44.7 Å². The van der Waals surface area contributed by atoms with Gasteiger partial charge in [-0.05, 0) is 53.6 Å². The third-order valence-electron chi connectivity index (χ3n) is 4.31. The quantitative estimate of drug-likeness (QED) is 0.552. The number of furan rings is 1. The van der Waals surface area contributed by atoms with Gasteiger partial charge in [0, 0.05) is 5.75 Å². The number of thioether (sulfide) groups is 1. The van der Waals surface area contributed by atoms with E-state index in [9.17, 15) is 0 Å². The fraction of sp³-hybridized carbons (Fsp3) is 0.368. The first kappa shape index (κ1) is 17.6. The molecule has 0 fully saturated rings. The standard InChI is InChI=1S/C19H24N4OS/c1-12-9-14(19(3,4)5)10-13(2)15(12)11-25-18-22-21-17(23(18)20)16-7-6-8-24-16/h6-10H,11,20H2,1-5H3. The molecule has 2 heterocycles. The van der Waals surface area contributed by atoms with Crippen LogP contribution in [0, 0.1) is 13.8 Å². The lowest BCUT2D eigenvalue weighted by molar-refractivity contribution is 0.574. The monoisotopic (exact) mass is 356 g/mol. The Morgan fingerprint density at radius 1 is 1.16 bits per heavy atom. The van der Waals surface area contributed by atoms with E-state index in [1.807, 2.05) is 6.07 Å². The number of hydrogen-bond acceptors (Lipinski definition) is 5. The zero-order valence-corrected chi connectivity index (χ0v) is 16.1. The maximum atomic E-state index is 6.13. The summed E-state index contributed by atoms with van der Waals surface area (Å²) in [6.45, 7) is 11.0. The molecule has 0 bridgehead atoms. The normalized spacial score (nSPS) is 11.9. The molecule has 0 aliphatic heterocycles. The second kappa shape index (κ2) is 6.59. The van der Waals surface area contributed by atoms with Crippen molar-refractivity contribution in [3.63, 3.8) is 0 Å². The molecular formula is C19H24N4OS. The fourth-order valence-electron chi connectivity index (χ4n) is 2.74. The highest BCUT2D eigenvalue weighted by molar-refractivity contribution is 7.98. The van der Waals surface area contributed by atoms with E-state index in [-0.39, 0.29) is 5.41 Å². The zero-order valence-electron chi connectivity index (χ0n) is 15.3. The molecule has 5 nitrogen and oxygen atoms in total. The van der Waals surface area contributed by atoms with Crippen molar-refractivity contribution >= 4 is 11.8 Å². The van der Waals surface area contributed by atoms with E-state index in [1.54, 1.807) is 24.1 Å².